The van der Waals surface area contributed by atoms with Crippen LogP contribution >= 0.6 is 0 Å². The summed E-state index contributed by atoms with van der Waals surface area (Å²) in [6.45, 7) is 17.8. The first-order valence-corrected chi connectivity index (χ1v) is 9.26. The van der Waals surface area contributed by atoms with Gasteiger partial charge in [-0.3, -0.25) is 4.39 Å². The van der Waals surface area contributed by atoms with Gasteiger partial charge in [0.2, 0.25) is 0 Å². The normalized spacial score (nSPS) is 10.9. The molecular formula is C22H40FN. The molecule has 0 heterocycles. The van der Waals surface area contributed by atoms with Gasteiger partial charge < -0.3 is 5.32 Å². The molecular weight excluding hydrogens is 297 g/mol. The monoisotopic (exact) mass is 337 g/mol. The molecule has 140 valence electrons. The van der Waals surface area contributed by atoms with Gasteiger partial charge in [-0.1, -0.05) is 71.4 Å². The standard InChI is InChI=1S/C16H26.C5H11N.CH3F/c1-5-6-7-14(4)16-10-8-15(9-11-16)12-13(2)3;1-4-6-5(2)3;1-2/h8-11,13-14H,5-7,12H2,1-4H3;6H,2,4H2,1,3H3;1H3. The van der Waals surface area contributed by atoms with Gasteiger partial charge in [-0.25, -0.2) is 0 Å². The number of allylic oxidation sites excluding steroid dienone is 1. The smallest absolute Gasteiger partial charge is 0.0785 e. The summed E-state index contributed by atoms with van der Waals surface area (Å²) in [7, 11) is 0.500. The first kappa shape index (κ1) is 24.9. The summed E-state index contributed by atoms with van der Waals surface area (Å²) < 4.78 is 9.50. The number of hydrogen-bond acceptors (Lipinski definition) is 1. The summed E-state index contributed by atoms with van der Waals surface area (Å²) >= 11 is 0. The van der Waals surface area contributed by atoms with Gasteiger partial charge in [0, 0.05) is 12.2 Å². The van der Waals surface area contributed by atoms with Gasteiger partial charge in [0.25, 0.3) is 0 Å². The van der Waals surface area contributed by atoms with E-state index in [-0.39, 0.29) is 0 Å². The Labute approximate surface area is 150 Å². The van der Waals surface area contributed by atoms with Crippen molar-refractivity contribution in [2.24, 2.45) is 5.92 Å². The number of benzene rings is 1. The van der Waals surface area contributed by atoms with Crippen molar-refractivity contribution in [3.63, 3.8) is 0 Å². The number of unbranched alkanes of at least 4 members (excludes halogenated alkanes) is 1. The molecule has 1 aromatic carbocycles. The van der Waals surface area contributed by atoms with E-state index < -0.39 is 0 Å². The topological polar surface area (TPSA) is 12.0 Å². The molecule has 0 saturated heterocycles. The third kappa shape index (κ3) is 14.3. The molecule has 1 atom stereocenters. The van der Waals surface area contributed by atoms with E-state index in [0.29, 0.717) is 13.1 Å². The minimum Gasteiger partial charge on any atom is -0.389 e. The lowest BCUT2D eigenvalue weighted by Gasteiger charge is -2.12. The molecule has 0 aliphatic rings. The second-order valence-corrected chi connectivity index (χ2v) is 6.69. The SMILES string of the molecule is C=C(C)NCC.CCCCC(C)c1ccc(CC(C)C)cc1.CF. The van der Waals surface area contributed by atoms with Crippen LogP contribution in [0.2, 0.25) is 0 Å². The molecule has 0 fully saturated rings. The van der Waals surface area contributed by atoms with E-state index in [2.05, 4.69) is 70.8 Å². The Balaban J connectivity index is 0. The molecule has 0 aliphatic heterocycles. The Hall–Kier alpha value is -1.31. The number of rotatable bonds is 8. The van der Waals surface area contributed by atoms with E-state index in [9.17, 15) is 4.39 Å². The van der Waals surface area contributed by atoms with Crippen molar-refractivity contribution in [3.05, 3.63) is 47.7 Å². The second kappa shape index (κ2) is 16.5. The van der Waals surface area contributed by atoms with E-state index >= 15 is 0 Å². The average Bonchev–Trinajstić information content (AvgIpc) is 2.55. The highest BCUT2D eigenvalue weighted by Gasteiger charge is 2.05. The Bertz CT molecular complexity index is 395. The van der Waals surface area contributed by atoms with E-state index in [4.69, 9.17) is 0 Å². The van der Waals surface area contributed by atoms with Crippen LogP contribution in [0.15, 0.2) is 36.5 Å². The first-order chi connectivity index (χ1) is 11.4. The molecule has 0 aromatic heterocycles. The summed E-state index contributed by atoms with van der Waals surface area (Å²) in [6, 6.07) is 9.24. The summed E-state index contributed by atoms with van der Waals surface area (Å²) in [5.74, 6) is 1.47. The van der Waals surface area contributed by atoms with E-state index in [1.807, 2.05) is 6.92 Å². The summed E-state index contributed by atoms with van der Waals surface area (Å²) in [4.78, 5) is 0. The largest absolute Gasteiger partial charge is 0.389 e. The minimum atomic E-state index is 0.500. The van der Waals surface area contributed by atoms with Crippen molar-refractivity contribution in [2.75, 3.05) is 13.7 Å². The van der Waals surface area contributed by atoms with Crippen LogP contribution in [0, 0.1) is 5.92 Å². The molecule has 0 saturated carbocycles. The maximum absolute atomic E-state index is 9.50. The average molecular weight is 338 g/mol. The van der Waals surface area contributed by atoms with Crippen molar-refractivity contribution in [1.82, 2.24) is 5.32 Å². The third-order valence-electron chi connectivity index (χ3n) is 3.66. The zero-order valence-corrected chi connectivity index (χ0v) is 17.1. The fourth-order valence-corrected chi connectivity index (χ4v) is 2.43. The molecule has 1 rings (SSSR count). The molecule has 0 amide bonds. The highest BCUT2D eigenvalue weighted by molar-refractivity contribution is 5.25. The predicted octanol–water partition coefficient (Wildman–Crippen LogP) is 6.89. The van der Waals surface area contributed by atoms with Crippen LogP contribution in [0.1, 0.15) is 77.8 Å². The second-order valence-electron chi connectivity index (χ2n) is 6.69. The zero-order chi connectivity index (χ0) is 19.0. The summed E-state index contributed by atoms with van der Waals surface area (Å²) in [5, 5.41) is 3.01. The van der Waals surface area contributed by atoms with Crippen molar-refractivity contribution in [3.8, 4) is 0 Å². The molecule has 1 nitrogen and oxygen atoms in total. The van der Waals surface area contributed by atoms with Gasteiger partial charge in [0.1, 0.15) is 0 Å². The van der Waals surface area contributed by atoms with E-state index in [1.165, 1.54) is 36.8 Å². The number of hydrogen-bond donors (Lipinski definition) is 1. The molecule has 2 heteroatoms. The third-order valence-corrected chi connectivity index (χ3v) is 3.66. The van der Waals surface area contributed by atoms with Gasteiger partial charge >= 0.3 is 0 Å². The van der Waals surface area contributed by atoms with Gasteiger partial charge in [-0.05, 0) is 49.7 Å². The molecule has 1 aromatic rings. The molecule has 24 heavy (non-hydrogen) atoms. The van der Waals surface area contributed by atoms with Crippen molar-refractivity contribution in [2.45, 2.75) is 73.1 Å². The van der Waals surface area contributed by atoms with E-state index in [0.717, 1.165) is 18.2 Å². The van der Waals surface area contributed by atoms with Crippen LogP contribution in [-0.2, 0) is 6.42 Å². The Morgan fingerprint density at radius 2 is 1.62 bits per heavy atom. The molecule has 0 spiro atoms. The fraction of sp³-hybridized carbons (Fsp3) is 0.636. The van der Waals surface area contributed by atoms with Crippen molar-refractivity contribution >= 4 is 0 Å². The first-order valence-electron chi connectivity index (χ1n) is 9.26. The van der Waals surface area contributed by atoms with Crippen molar-refractivity contribution < 1.29 is 4.39 Å². The van der Waals surface area contributed by atoms with Gasteiger partial charge in [0.05, 0.1) is 7.18 Å². The van der Waals surface area contributed by atoms with Crippen LogP contribution in [0.3, 0.4) is 0 Å². The Kier molecular flexibility index (Phi) is 17.2. The predicted molar refractivity (Wildman–Crippen MR) is 108 cm³/mol. The Morgan fingerprint density at radius 1 is 1.08 bits per heavy atom. The van der Waals surface area contributed by atoms with Crippen LogP contribution in [0.25, 0.3) is 0 Å². The molecule has 0 radical (unpaired) electrons. The maximum Gasteiger partial charge on any atom is 0.0785 e. The van der Waals surface area contributed by atoms with Crippen LogP contribution < -0.4 is 5.32 Å². The van der Waals surface area contributed by atoms with Crippen molar-refractivity contribution in [1.29, 1.82) is 0 Å². The number of alkyl halides is 1. The van der Waals surface area contributed by atoms with Gasteiger partial charge in [0.15, 0.2) is 0 Å². The fourth-order valence-electron chi connectivity index (χ4n) is 2.43. The highest BCUT2D eigenvalue weighted by Crippen LogP contribution is 2.22. The molecule has 0 aliphatic carbocycles. The zero-order valence-electron chi connectivity index (χ0n) is 17.1. The van der Waals surface area contributed by atoms with Crippen LogP contribution in [0.4, 0.5) is 4.39 Å². The molecule has 1 N–H and O–H groups in total. The molecule has 0 bridgehead atoms. The van der Waals surface area contributed by atoms with Crippen LogP contribution in [0.5, 0.6) is 0 Å². The lowest BCUT2D eigenvalue weighted by Crippen LogP contribution is -2.07. The minimum absolute atomic E-state index is 0.500. The summed E-state index contributed by atoms with van der Waals surface area (Å²) in [5.41, 5.74) is 4.01. The summed E-state index contributed by atoms with van der Waals surface area (Å²) in [6.07, 6.45) is 5.16. The quantitative estimate of drug-likeness (QED) is 0.544. The Morgan fingerprint density at radius 3 is 1.96 bits per heavy atom. The molecule has 1 unspecified atom stereocenters. The van der Waals surface area contributed by atoms with Crippen LogP contribution in [-0.4, -0.2) is 13.7 Å². The maximum atomic E-state index is 9.50. The lowest BCUT2D eigenvalue weighted by atomic mass is 9.93. The van der Waals surface area contributed by atoms with E-state index in [1.54, 1.807) is 0 Å². The van der Waals surface area contributed by atoms with Gasteiger partial charge in [-0.2, -0.15) is 0 Å². The number of halogens is 1. The van der Waals surface area contributed by atoms with Gasteiger partial charge in [-0.15, -0.1) is 0 Å². The number of nitrogens with one attached hydrogen (secondary N) is 1. The lowest BCUT2D eigenvalue weighted by molar-refractivity contribution is 0.622. The highest BCUT2D eigenvalue weighted by atomic mass is 19.1.